The van der Waals surface area contributed by atoms with Crippen LogP contribution in [0, 0.1) is 0 Å². The number of anilines is 1. The molecule has 0 aliphatic heterocycles. The summed E-state index contributed by atoms with van der Waals surface area (Å²) >= 11 is 0. The number of amides is 2. The maximum atomic E-state index is 11.3. The smallest absolute Gasteiger partial charge is 0.254 e. The molecule has 17 heavy (non-hydrogen) atoms. The van der Waals surface area contributed by atoms with Crippen LogP contribution in [-0.2, 0) is 4.79 Å². The standard InChI is InChI=1S/C10H12N2O5/c1-16-6-3-5(12-4-13)7(10(11)15)9(17-2)8(6)14/h3-4,14H,1-2H3,(H2,11,15)(H,12,13). The van der Waals surface area contributed by atoms with E-state index in [1.807, 2.05) is 0 Å². The zero-order valence-electron chi connectivity index (χ0n) is 9.31. The van der Waals surface area contributed by atoms with E-state index < -0.39 is 5.91 Å². The minimum atomic E-state index is -0.843. The Morgan fingerprint density at radius 3 is 2.53 bits per heavy atom. The lowest BCUT2D eigenvalue weighted by Gasteiger charge is -2.14. The summed E-state index contributed by atoms with van der Waals surface area (Å²) in [6.07, 6.45) is 0.373. The molecule has 0 aliphatic carbocycles. The molecule has 0 saturated heterocycles. The van der Waals surface area contributed by atoms with Crippen molar-refractivity contribution in [1.82, 2.24) is 0 Å². The maximum Gasteiger partial charge on any atom is 0.254 e. The van der Waals surface area contributed by atoms with E-state index in [4.69, 9.17) is 15.2 Å². The van der Waals surface area contributed by atoms with Crippen molar-refractivity contribution < 1.29 is 24.2 Å². The molecule has 0 aliphatic rings. The summed E-state index contributed by atoms with van der Waals surface area (Å²) in [5.41, 5.74) is 5.12. The minimum Gasteiger partial charge on any atom is -0.502 e. The number of carbonyl (C=O) groups is 2. The van der Waals surface area contributed by atoms with Crippen LogP contribution in [0.4, 0.5) is 5.69 Å². The number of carbonyl (C=O) groups excluding carboxylic acids is 2. The molecule has 0 bridgehead atoms. The summed E-state index contributed by atoms with van der Waals surface area (Å²) in [5.74, 6) is -1.30. The number of rotatable bonds is 5. The normalized spacial score (nSPS) is 9.53. The highest BCUT2D eigenvalue weighted by molar-refractivity contribution is 6.04. The Kier molecular flexibility index (Phi) is 3.76. The molecule has 0 aromatic heterocycles. The Labute approximate surface area is 97.1 Å². The average molecular weight is 240 g/mol. The average Bonchev–Trinajstić information content (AvgIpc) is 2.30. The van der Waals surface area contributed by atoms with Gasteiger partial charge in [-0.05, 0) is 0 Å². The van der Waals surface area contributed by atoms with Crippen LogP contribution < -0.4 is 20.5 Å². The Bertz CT molecular complexity index is 458. The van der Waals surface area contributed by atoms with Crippen LogP contribution in [0.2, 0.25) is 0 Å². The molecular formula is C10H12N2O5. The van der Waals surface area contributed by atoms with Crippen LogP contribution in [0.5, 0.6) is 17.2 Å². The van der Waals surface area contributed by atoms with E-state index in [0.717, 1.165) is 0 Å². The van der Waals surface area contributed by atoms with Crippen molar-refractivity contribution in [3.05, 3.63) is 11.6 Å². The van der Waals surface area contributed by atoms with Crippen molar-refractivity contribution in [2.24, 2.45) is 5.73 Å². The number of aromatic hydroxyl groups is 1. The lowest BCUT2D eigenvalue weighted by Crippen LogP contribution is -2.16. The van der Waals surface area contributed by atoms with Gasteiger partial charge in [0.1, 0.15) is 5.56 Å². The summed E-state index contributed by atoms with van der Waals surface area (Å²) in [6.45, 7) is 0. The predicted octanol–water partition coefficient (Wildman–Crippen LogP) is 0.0766. The fourth-order valence-electron chi connectivity index (χ4n) is 1.40. The summed E-state index contributed by atoms with van der Waals surface area (Å²) < 4.78 is 9.75. The van der Waals surface area contributed by atoms with Gasteiger partial charge >= 0.3 is 0 Å². The molecule has 1 rings (SSSR count). The first-order valence-electron chi connectivity index (χ1n) is 4.54. The number of nitrogens with two attached hydrogens (primary N) is 1. The zero-order chi connectivity index (χ0) is 13.0. The number of nitrogens with one attached hydrogen (secondary N) is 1. The first-order chi connectivity index (χ1) is 8.06. The first-order valence-corrected chi connectivity index (χ1v) is 4.54. The maximum absolute atomic E-state index is 11.3. The van der Waals surface area contributed by atoms with Crippen molar-refractivity contribution in [3.63, 3.8) is 0 Å². The van der Waals surface area contributed by atoms with E-state index in [1.165, 1.54) is 20.3 Å². The number of benzene rings is 1. The van der Waals surface area contributed by atoms with E-state index in [1.54, 1.807) is 0 Å². The molecule has 0 spiro atoms. The van der Waals surface area contributed by atoms with Gasteiger partial charge in [0.05, 0.1) is 19.9 Å². The monoisotopic (exact) mass is 240 g/mol. The second-order valence-electron chi connectivity index (χ2n) is 3.01. The minimum absolute atomic E-state index is 0.0520. The second-order valence-corrected chi connectivity index (χ2v) is 3.01. The van der Waals surface area contributed by atoms with Gasteiger partial charge < -0.3 is 25.6 Å². The molecule has 0 unspecified atom stereocenters. The van der Waals surface area contributed by atoms with Gasteiger partial charge in [-0.3, -0.25) is 9.59 Å². The highest BCUT2D eigenvalue weighted by atomic mass is 16.5. The molecular weight excluding hydrogens is 228 g/mol. The molecule has 7 heteroatoms. The number of phenolic OH excluding ortho intramolecular Hbond substituents is 1. The molecule has 0 saturated carbocycles. The van der Waals surface area contributed by atoms with Gasteiger partial charge in [0, 0.05) is 6.07 Å². The van der Waals surface area contributed by atoms with Crippen LogP contribution >= 0.6 is 0 Å². The van der Waals surface area contributed by atoms with E-state index in [0.29, 0.717) is 6.41 Å². The largest absolute Gasteiger partial charge is 0.502 e. The fraction of sp³-hybridized carbons (Fsp3) is 0.200. The predicted molar refractivity (Wildman–Crippen MR) is 59.4 cm³/mol. The van der Waals surface area contributed by atoms with Gasteiger partial charge in [0.2, 0.25) is 12.2 Å². The lowest BCUT2D eigenvalue weighted by molar-refractivity contribution is -0.105. The quantitative estimate of drug-likeness (QED) is 0.498. The SMILES string of the molecule is COc1cc(NC=O)c(C(N)=O)c(OC)c1O. The molecule has 7 nitrogen and oxygen atoms in total. The van der Waals surface area contributed by atoms with Crippen molar-refractivity contribution in [3.8, 4) is 17.2 Å². The van der Waals surface area contributed by atoms with Gasteiger partial charge in [-0.25, -0.2) is 0 Å². The molecule has 1 aromatic rings. The fourth-order valence-corrected chi connectivity index (χ4v) is 1.40. The number of methoxy groups -OCH3 is 2. The summed E-state index contributed by atoms with van der Waals surface area (Å²) in [5, 5.41) is 12.0. The molecule has 0 heterocycles. The van der Waals surface area contributed by atoms with E-state index in [9.17, 15) is 14.7 Å². The molecule has 2 amide bonds. The van der Waals surface area contributed by atoms with E-state index in [2.05, 4.69) is 5.32 Å². The molecule has 0 radical (unpaired) electrons. The van der Waals surface area contributed by atoms with Crippen LogP contribution in [0.25, 0.3) is 0 Å². The summed E-state index contributed by atoms with van der Waals surface area (Å²) in [6, 6.07) is 1.27. The Morgan fingerprint density at radius 2 is 2.12 bits per heavy atom. The third-order valence-electron chi connectivity index (χ3n) is 2.11. The van der Waals surface area contributed by atoms with Crippen LogP contribution in [0.3, 0.4) is 0 Å². The first kappa shape index (κ1) is 12.6. The van der Waals surface area contributed by atoms with Crippen LogP contribution in [0.1, 0.15) is 10.4 Å². The number of primary amides is 1. The van der Waals surface area contributed by atoms with Gasteiger partial charge in [0.25, 0.3) is 5.91 Å². The summed E-state index contributed by atoms with van der Waals surface area (Å²) in [7, 11) is 2.58. The Morgan fingerprint density at radius 1 is 1.47 bits per heavy atom. The Balaban J connectivity index is 3.57. The highest BCUT2D eigenvalue weighted by Crippen LogP contribution is 2.42. The van der Waals surface area contributed by atoms with Crippen molar-refractivity contribution >= 4 is 18.0 Å². The van der Waals surface area contributed by atoms with Gasteiger partial charge in [-0.2, -0.15) is 0 Å². The highest BCUT2D eigenvalue weighted by Gasteiger charge is 2.22. The number of hydrogen-bond donors (Lipinski definition) is 3. The van der Waals surface area contributed by atoms with Gasteiger partial charge in [-0.15, -0.1) is 0 Å². The summed E-state index contributed by atoms with van der Waals surface area (Å²) in [4.78, 5) is 21.7. The second kappa shape index (κ2) is 5.06. The molecule has 0 atom stereocenters. The number of phenols is 1. The van der Waals surface area contributed by atoms with Gasteiger partial charge in [0.15, 0.2) is 11.5 Å². The molecule has 4 N–H and O–H groups in total. The third kappa shape index (κ3) is 2.22. The number of hydrogen-bond acceptors (Lipinski definition) is 5. The Hall–Kier alpha value is -2.44. The van der Waals surface area contributed by atoms with Crippen LogP contribution in [0.15, 0.2) is 6.07 Å². The van der Waals surface area contributed by atoms with Gasteiger partial charge in [-0.1, -0.05) is 0 Å². The van der Waals surface area contributed by atoms with Crippen molar-refractivity contribution in [1.29, 1.82) is 0 Å². The molecule has 0 fully saturated rings. The van der Waals surface area contributed by atoms with E-state index >= 15 is 0 Å². The topological polar surface area (TPSA) is 111 Å². The molecule has 92 valence electrons. The molecule has 1 aromatic carbocycles. The lowest BCUT2D eigenvalue weighted by atomic mass is 10.1. The van der Waals surface area contributed by atoms with Crippen molar-refractivity contribution in [2.45, 2.75) is 0 Å². The van der Waals surface area contributed by atoms with E-state index in [-0.39, 0.29) is 28.5 Å². The van der Waals surface area contributed by atoms with Crippen molar-refractivity contribution in [2.75, 3.05) is 19.5 Å². The third-order valence-corrected chi connectivity index (χ3v) is 2.11. The zero-order valence-corrected chi connectivity index (χ0v) is 9.31. The van der Waals surface area contributed by atoms with Crippen LogP contribution in [-0.4, -0.2) is 31.6 Å². The number of ether oxygens (including phenoxy) is 2.